The maximum atomic E-state index is 14.2. The van der Waals surface area contributed by atoms with Crippen LogP contribution in [0.5, 0.6) is 0 Å². The maximum Gasteiger partial charge on any atom is 0.258 e. The lowest BCUT2D eigenvalue weighted by Crippen LogP contribution is -2.31. The molecule has 0 heterocycles. The number of nitrogens with one attached hydrogen (secondary N) is 1. The third-order valence-electron chi connectivity index (χ3n) is 4.01. The van der Waals surface area contributed by atoms with E-state index in [1.807, 2.05) is 19.9 Å². The van der Waals surface area contributed by atoms with E-state index in [-0.39, 0.29) is 10.5 Å². The highest BCUT2D eigenvalue weighted by Crippen LogP contribution is 2.21. The average Bonchev–Trinajstić information content (AvgIpc) is 2.54. The summed E-state index contributed by atoms with van der Waals surface area (Å²) >= 11 is 0. The molecule has 1 amide bonds. The fourth-order valence-corrected chi connectivity index (χ4v) is 4.28. The predicted octanol–water partition coefficient (Wildman–Crippen LogP) is 3.73. The molecule has 2 aromatic carbocycles. The molecule has 0 aliphatic carbocycles. The Balaban J connectivity index is 2.39. The van der Waals surface area contributed by atoms with Gasteiger partial charge in [0, 0.05) is 18.8 Å². The van der Waals surface area contributed by atoms with Gasteiger partial charge < -0.3 is 5.32 Å². The zero-order valence-electron chi connectivity index (χ0n) is 15.3. The van der Waals surface area contributed by atoms with E-state index < -0.39 is 21.7 Å². The highest BCUT2D eigenvalue weighted by Gasteiger charge is 2.24. The van der Waals surface area contributed by atoms with Gasteiger partial charge in [-0.1, -0.05) is 19.9 Å². The number of carbonyl (C=O) groups is 1. The van der Waals surface area contributed by atoms with Gasteiger partial charge in [0.1, 0.15) is 5.82 Å². The SMILES string of the molecule is CCN(CC)S(=O)(=O)c1ccc(F)c(C(=O)Nc2cc(C)cc(C)c2)c1. The zero-order chi connectivity index (χ0) is 19.5. The number of nitrogens with zero attached hydrogens (tertiary/aromatic N) is 1. The third kappa shape index (κ3) is 4.28. The van der Waals surface area contributed by atoms with Gasteiger partial charge >= 0.3 is 0 Å². The monoisotopic (exact) mass is 378 g/mol. The second-order valence-corrected chi connectivity index (χ2v) is 8.00. The van der Waals surface area contributed by atoms with Gasteiger partial charge in [-0.25, -0.2) is 12.8 Å². The first-order valence-electron chi connectivity index (χ1n) is 8.38. The Morgan fingerprint density at radius 2 is 1.62 bits per heavy atom. The molecule has 0 unspecified atom stereocenters. The van der Waals surface area contributed by atoms with Gasteiger partial charge in [0.15, 0.2) is 0 Å². The van der Waals surface area contributed by atoms with Crippen molar-refractivity contribution in [3.8, 4) is 0 Å². The fraction of sp³-hybridized carbons (Fsp3) is 0.316. The molecule has 0 bridgehead atoms. The van der Waals surface area contributed by atoms with E-state index in [4.69, 9.17) is 0 Å². The van der Waals surface area contributed by atoms with Crippen molar-refractivity contribution >= 4 is 21.6 Å². The van der Waals surface area contributed by atoms with Crippen LogP contribution in [0.1, 0.15) is 35.3 Å². The third-order valence-corrected chi connectivity index (χ3v) is 6.05. The number of benzene rings is 2. The lowest BCUT2D eigenvalue weighted by molar-refractivity contribution is 0.102. The molecule has 0 atom stereocenters. The number of aryl methyl sites for hydroxylation is 2. The van der Waals surface area contributed by atoms with Crippen molar-refractivity contribution in [2.24, 2.45) is 0 Å². The first-order chi connectivity index (χ1) is 12.2. The number of anilines is 1. The van der Waals surface area contributed by atoms with Crippen molar-refractivity contribution in [1.82, 2.24) is 4.31 Å². The molecule has 140 valence electrons. The van der Waals surface area contributed by atoms with E-state index in [1.165, 1.54) is 10.4 Å². The summed E-state index contributed by atoms with van der Waals surface area (Å²) in [6.07, 6.45) is 0. The van der Waals surface area contributed by atoms with E-state index in [9.17, 15) is 17.6 Å². The normalized spacial score (nSPS) is 11.6. The molecule has 0 spiro atoms. The average molecular weight is 378 g/mol. The second kappa shape index (κ2) is 7.97. The minimum absolute atomic E-state index is 0.104. The minimum Gasteiger partial charge on any atom is -0.322 e. The van der Waals surface area contributed by atoms with Crippen LogP contribution in [0.15, 0.2) is 41.3 Å². The Morgan fingerprint density at radius 1 is 1.04 bits per heavy atom. The van der Waals surface area contributed by atoms with Gasteiger partial charge in [-0.15, -0.1) is 0 Å². The summed E-state index contributed by atoms with van der Waals surface area (Å²) in [5, 5.41) is 2.63. The fourth-order valence-electron chi connectivity index (χ4n) is 2.80. The summed E-state index contributed by atoms with van der Waals surface area (Å²) in [7, 11) is -3.77. The van der Waals surface area contributed by atoms with Crippen molar-refractivity contribution in [2.45, 2.75) is 32.6 Å². The van der Waals surface area contributed by atoms with E-state index in [1.54, 1.807) is 26.0 Å². The number of amides is 1. The van der Waals surface area contributed by atoms with Crippen LogP contribution in [0, 0.1) is 19.7 Å². The van der Waals surface area contributed by atoms with E-state index in [0.717, 1.165) is 23.3 Å². The molecule has 5 nitrogen and oxygen atoms in total. The molecule has 0 radical (unpaired) electrons. The number of carbonyl (C=O) groups excluding carboxylic acids is 1. The van der Waals surface area contributed by atoms with E-state index >= 15 is 0 Å². The molecule has 0 saturated heterocycles. The van der Waals surface area contributed by atoms with Crippen LogP contribution < -0.4 is 5.32 Å². The highest BCUT2D eigenvalue weighted by atomic mass is 32.2. The summed E-state index contributed by atoms with van der Waals surface area (Å²) in [6.45, 7) is 7.80. The smallest absolute Gasteiger partial charge is 0.258 e. The van der Waals surface area contributed by atoms with Crippen molar-refractivity contribution < 1.29 is 17.6 Å². The topological polar surface area (TPSA) is 66.5 Å². The first kappa shape index (κ1) is 20.1. The van der Waals surface area contributed by atoms with Gasteiger partial charge in [-0.3, -0.25) is 4.79 Å². The summed E-state index contributed by atoms with van der Waals surface area (Å²) in [6, 6.07) is 8.75. The summed E-state index contributed by atoms with van der Waals surface area (Å²) < 4.78 is 40.6. The van der Waals surface area contributed by atoms with Crippen LogP contribution in [-0.2, 0) is 10.0 Å². The van der Waals surface area contributed by atoms with E-state index in [0.29, 0.717) is 18.8 Å². The van der Waals surface area contributed by atoms with Gasteiger partial charge in [0.05, 0.1) is 10.5 Å². The molecular weight excluding hydrogens is 355 g/mol. The lowest BCUT2D eigenvalue weighted by atomic mass is 10.1. The number of rotatable bonds is 6. The van der Waals surface area contributed by atoms with Crippen LogP contribution in [0.2, 0.25) is 0 Å². The van der Waals surface area contributed by atoms with Gasteiger partial charge in [0.25, 0.3) is 5.91 Å². The Morgan fingerprint density at radius 3 is 2.15 bits per heavy atom. The molecule has 26 heavy (non-hydrogen) atoms. The van der Waals surface area contributed by atoms with Crippen molar-refractivity contribution in [1.29, 1.82) is 0 Å². The molecule has 0 aromatic heterocycles. The van der Waals surface area contributed by atoms with E-state index in [2.05, 4.69) is 5.32 Å². The molecular formula is C19H23FN2O3S. The Labute approximate surface area is 153 Å². The van der Waals surface area contributed by atoms with Crippen LogP contribution in [-0.4, -0.2) is 31.7 Å². The van der Waals surface area contributed by atoms with Gasteiger partial charge in [-0.05, 0) is 55.3 Å². The molecule has 0 aliphatic heterocycles. The Kier molecular flexibility index (Phi) is 6.15. The predicted molar refractivity (Wildman–Crippen MR) is 100 cm³/mol. The second-order valence-electron chi connectivity index (χ2n) is 6.06. The number of hydrogen-bond donors (Lipinski definition) is 1. The molecule has 0 saturated carbocycles. The van der Waals surface area contributed by atoms with Gasteiger partial charge in [0.2, 0.25) is 10.0 Å². The molecule has 7 heteroatoms. The van der Waals surface area contributed by atoms with Crippen LogP contribution in [0.3, 0.4) is 0 Å². The Hall–Kier alpha value is -2.25. The lowest BCUT2D eigenvalue weighted by Gasteiger charge is -2.19. The standard InChI is InChI=1S/C19H23FN2O3S/c1-5-22(6-2)26(24,25)16-7-8-18(20)17(12-16)19(23)21-15-10-13(3)9-14(4)11-15/h7-12H,5-6H2,1-4H3,(H,21,23). The van der Waals surface area contributed by atoms with Crippen molar-refractivity contribution in [2.75, 3.05) is 18.4 Å². The quantitative estimate of drug-likeness (QED) is 0.833. The first-order valence-corrected chi connectivity index (χ1v) is 9.82. The summed E-state index contributed by atoms with van der Waals surface area (Å²) in [4.78, 5) is 12.4. The van der Waals surface area contributed by atoms with Crippen LogP contribution in [0.25, 0.3) is 0 Å². The van der Waals surface area contributed by atoms with Crippen molar-refractivity contribution in [3.63, 3.8) is 0 Å². The van der Waals surface area contributed by atoms with Crippen molar-refractivity contribution in [3.05, 3.63) is 58.9 Å². The summed E-state index contributed by atoms with van der Waals surface area (Å²) in [5.74, 6) is -1.46. The largest absolute Gasteiger partial charge is 0.322 e. The maximum absolute atomic E-state index is 14.2. The zero-order valence-corrected chi connectivity index (χ0v) is 16.2. The molecule has 0 fully saturated rings. The Bertz CT molecular complexity index is 902. The number of halogens is 1. The summed E-state index contributed by atoms with van der Waals surface area (Å²) in [5.41, 5.74) is 2.14. The molecule has 2 aromatic rings. The molecule has 1 N–H and O–H groups in total. The number of hydrogen-bond acceptors (Lipinski definition) is 3. The van der Waals surface area contributed by atoms with Crippen LogP contribution >= 0.6 is 0 Å². The highest BCUT2D eigenvalue weighted by molar-refractivity contribution is 7.89. The van der Waals surface area contributed by atoms with Crippen LogP contribution in [0.4, 0.5) is 10.1 Å². The minimum atomic E-state index is -3.77. The molecule has 2 rings (SSSR count). The van der Waals surface area contributed by atoms with Gasteiger partial charge in [-0.2, -0.15) is 4.31 Å². The molecule has 0 aliphatic rings. The number of sulfonamides is 1.